The van der Waals surface area contributed by atoms with Crippen molar-refractivity contribution in [2.45, 2.75) is 10.8 Å². The van der Waals surface area contributed by atoms with Crippen molar-refractivity contribution in [2.24, 2.45) is 0 Å². The van der Waals surface area contributed by atoms with Gasteiger partial charge in [0.2, 0.25) is 0 Å². The number of rotatable bonds is 3. The number of nitrogens with one attached hydrogen (secondary N) is 1. The second-order valence-electron chi connectivity index (χ2n) is 4.87. The number of aromatic amines is 1. The predicted molar refractivity (Wildman–Crippen MR) is 88.1 cm³/mol. The van der Waals surface area contributed by atoms with Gasteiger partial charge in [0.25, 0.3) is 0 Å². The van der Waals surface area contributed by atoms with Crippen LogP contribution in [-0.4, -0.2) is 26.2 Å². The predicted octanol–water partition coefficient (Wildman–Crippen LogP) is 4.02. The summed E-state index contributed by atoms with van der Waals surface area (Å²) >= 11 is 3.34. The first-order chi connectivity index (χ1) is 10.7. The average molecular weight is 330 g/mol. The smallest absolute Gasteiger partial charge is 0.177 e. The number of benzene rings is 1. The number of halogens is 1. The van der Waals surface area contributed by atoms with Crippen LogP contribution in [0.1, 0.15) is 11.4 Å². The van der Waals surface area contributed by atoms with Crippen LogP contribution in [0, 0.1) is 5.82 Å². The molecule has 0 aliphatic rings. The van der Waals surface area contributed by atoms with Crippen molar-refractivity contribution < 1.29 is 4.39 Å². The van der Waals surface area contributed by atoms with Gasteiger partial charge in [-0.15, -0.1) is 11.3 Å². The third-order valence-electron chi connectivity index (χ3n) is 3.33. The molecule has 4 rings (SSSR count). The molecule has 0 spiro atoms. The van der Waals surface area contributed by atoms with Gasteiger partial charge in [-0.1, -0.05) is 17.8 Å². The van der Waals surface area contributed by atoms with Gasteiger partial charge in [0.15, 0.2) is 9.99 Å². The fourth-order valence-electron chi connectivity index (χ4n) is 2.35. The Morgan fingerprint density at radius 1 is 1.27 bits per heavy atom. The van der Waals surface area contributed by atoms with Crippen LogP contribution < -0.4 is 0 Å². The Bertz CT molecular complexity index is 976. The zero-order chi connectivity index (χ0) is 15.1. The highest BCUT2D eigenvalue weighted by molar-refractivity contribution is 8.00. The number of fused-ring (bicyclic) bond motifs is 2. The maximum Gasteiger partial charge on any atom is 0.177 e. The van der Waals surface area contributed by atoms with E-state index in [9.17, 15) is 4.39 Å². The number of aromatic nitrogens is 4. The maximum absolute atomic E-state index is 13.2. The van der Waals surface area contributed by atoms with E-state index < -0.39 is 0 Å². The number of nitrogens with zero attached hydrogens (tertiary/aromatic N) is 3. The average Bonchev–Trinajstić information content (AvgIpc) is 3.09. The highest BCUT2D eigenvalue weighted by atomic mass is 32.2. The molecule has 1 N–H and O–H groups in total. The summed E-state index contributed by atoms with van der Waals surface area (Å²) in [4.78, 5) is 16.0. The van der Waals surface area contributed by atoms with Gasteiger partial charge >= 0.3 is 0 Å². The van der Waals surface area contributed by atoms with Gasteiger partial charge in [0.05, 0.1) is 21.9 Å². The monoisotopic (exact) mass is 330 g/mol. The van der Waals surface area contributed by atoms with E-state index in [4.69, 9.17) is 0 Å². The quantitative estimate of drug-likeness (QED) is 0.577. The van der Waals surface area contributed by atoms with Crippen molar-refractivity contribution in [1.29, 1.82) is 0 Å². The van der Waals surface area contributed by atoms with Crippen LogP contribution in [0.2, 0.25) is 0 Å². The van der Waals surface area contributed by atoms with E-state index in [1.165, 1.54) is 17.0 Å². The molecular formula is C15H11FN4S2. The molecule has 22 heavy (non-hydrogen) atoms. The summed E-state index contributed by atoms with van der Waals surface area (Å²) in [5.41, 5.74) is 3.33. The van der Waals surface area contributed by atoms with Gasteiger partial charge in [0.1, 0.15) is 11.6 Å². The molecule has 0 unspecified atom stereocenters. The largest absolute Gasteiger partial charge is 0.340 e. The third-order valence-corrected chi connectivity index (χ3v) is 5.34. The maximum atomic E-state index is 13.2. The van der Waals surface area contributed by atoms with Crippen LogP contribution in [0.15, 0.2) is 34.8 Å². The summed E-state index contributed by atoms with van der Waals surface area (Å²) in [7, 11) is 0. The minimum absolute atomic E-state index is 0.363. The van der Waals surface area contributed by atoms with Crippen LogP contribution in [0.5, 0.6) is 0 Å². The normalized spacial score (nSPS) is 11.5. The summed E-state index contributed by atoms with van der Waals surface area (Å²) in [5, 5.41) is 0. The standard InChI is InChI=1S/C15H11FN4S2/c1-21-15-19-10-3-2-8(4-12(10)22-15)5-13-18-11-6-9(16)7-17-14(11)20-13/h2-4,6-7H,5H2,1H3,(H,17,18,20). The second-order valence-corrected chi connectivity index (χ2v) is 6.95. The number of imidazole rings is 1. The van der Waals surface area contributed by atoms with E-state index in [2.05, 4.69) is 26.0 Å². The number of H-pyrrole nitrogens is 1. The van der Waals surface area contributed by atoms with Crippen molar-refractivity contribution in [3.63, 3.8) is 0 Å². The van der Waals surface area contributed by atoms with Crippen LogP contribution in [0.3, 0.4) is 0 Å². The molecule has 1 aromatic carbocycles. The zero-order valence-corrected chi connectivity index (χ0v) is 13.3. The SMILES string of the molecule is CSc1nc2ccc(Cc3nc4ncc(F)cc4[nH]3)cc2s1. The van der Waals surface area contributed by atoms with Crippen LogP contribution in [-0.2, 0) is 6.42 Å². The first-order valence-corrected chi connectivity index (χ1v) is 8.69. The lowest BCUT2D eigenvalue weighted by molar-refractivity contribution is 0.624. The van der Waals surface area contributed by atoms with Crippen molar-refractivity contribution >= 4 is 44.5 Å². The van der Waals surface area contributed by atoms with Gasteiger partial charge in [-0.05, 0) is 24.0 Å². The Morgan fingerprint density at radius 3 is 3.05 bits per heavy atom. The summed E-state index contributed by atoms with van der Waals surface area (Å²) < 4.78 is 15.4. The summed E-state index contributed by atoms with van der Waals surface area (Å²) in [6.45, 7) is 0. The molecule has 3 heterocycles. The van der Waals surface area contributed by atoms with Crippen LogP contribution in [0.4, 0.5) is 4.39 Å². The van der Waals surface area contributed by atoms with Crippen LogP contribution >= 0.6 is 23.1 Å². The van der Waals surface area contributed by atoms with Crippen molar-refractivity contribution in [3.8, 4) is 0 Å². The molecule has 3 aromatic heterocycles. The second kappa shape index (κ2) is 5.33. The first-order valence-electron chi connectivity index (χ1n) is 6.65. The van der Waals surface area contributed by atoms with E-state index in [0.29, 0.717) is 17.6 Å². The fourth-order valence-corrected chi connectivity index (χ4v) is 3.90. The minimum Gasteiger partial charge on any atom is -0.340 e. The summed E-state index contributed by atoms with van der Waals surface area (Å²) in [5.74, 6) is 0.417. The van der Waals surface area contributed by atoms with Gasteiger partial charge in [-0.3, -0.25) is 0 Å². The molecule has 0 amide bonds. The summed E-state index contributed by atoms with van der Waals surface area (Å²) in [6.07, 6.45) is 3.86. The molecule has 0 radical (unpaired) electrons. The lowest BCUT2D eigenvalue weighted by Crippen LogP contribution is -1.90. The molecule has 4 aromatic rings. The lowest BCUT2D eigenvalue weighted by Gasteiger charge is -1.97. The number of thioether (sulfide) groups is 1. The topological polar surface area (TPSA) is 54.5 Å². The molecule has 7 heteroatoms. The summed E-state index contributed by atoms with van der Waals surface area (Å²) in [6, 6.07) is 7.62. The van der Waals surface area contributed by atoms with Crippen molar-refractivity contribution in [3.05, 3.63) is 47.7 Å². The Morgan fingerprint density at radius 2 is 2.18 bits per heavy atom. The van der Waals surface area contributed by atoms with Gasteiger partial charge in [-0.2, -0.15) is 0 Å². The van der Waals surface area contributed by atoms with Gasteiger partial charge < -0.3 is 4.98 Å². The number of hydrogen-bond acceptors (Lipinski definition) is 5. The molecule has 0 saturated heterocycles. The van der Waals surface area contributed by atoms with Crippen LogP contribution in [0.25, 0.3) is 21.4 Å². The molecule has 110 valence electrons. The molecule has 4 nitrogen and oxygen atoms in total. The number of pyridine rings is 1. The molecule has 0 aliphatic heterocycles. The molecule has 0 bridgehead atoms. The van der Waals surface area contributed by atoms with Gasteiger partial charge in [0, 0.05) is 12.5 Å². The zero-order valence-electron chi connectivity index (χ0n) is 11.6. The van der Waals surface area contributed by atoms with E-state index in [0.717, 1.165) is 21.2 Å². The molecule has 0 saturated carbocycles. The van der Waals surface area contributed by atoms with E-state index in [-0.39, 0.29) is 5.82 Å². The Hall–Kier alpha value is -1.99. The lowest BCUT2D eigenvalue weighted by atomic mass is 10.1. The first kappa shape index (κ1) is 13.7. The minimum atomic E-state index is -0.363. The van der Waals surface area contributed by atoms with Gasteiger partial charge in [-0.25, -0.2) is 19.3 Å². The highest BCUT2D eigenvalue weighted by Crippen LogP contribution is 2.29. The van der Waals surface area contributed by atoms with E-state index >= 15 is 0 Å². The Kier molecular flexibility index (Phi) is 3.31. The Labute approximate surface area is 133 Å². The van der Waals surface area contributed by atoms with E-state index in [1.807, 2.05) is 18.4 Å². The van der Waals surface area contributed by atoms with E-state index in [1.54, 1.807) is 23.1 Å². The molecule has 0 aliphatic carbocycles. The fraction of sp³-hybridized carbons (Fsp3) is 0.133. The third kappa shape index (κ3) is 2.46. The number of hydrogen-bond donors (Lipinski definition) is 1. The van der Waals surface area contributed by atoms with Crippen molar-refractivity contribution in [1.82, 2.24) is 19.9 Å². The molecule has 0 fully saturated rings. The Balaban J connectivity index is 1.68. The highest BCUT2D eigenvalue weighted by Gasteiger charge is 2.08. The number of thiazole rings is 1. The van der Waals surface area contributed by atoms with Crippen molar-refractivity contribution in [2.75, 3.05) is 6.26 Å². The molecular weight excluding hydrogens is 319 g/mol. The molecule has 0 atom stereocenters.